The number of aromatic carboxylic acids is 1. The number of pyridine rings is 1. The van der Waals surface area contributed by atoms with E-state index < -0.39 is 5.97 Å². The Morgan fingerprint density at radius 2 is 1.87 bits per heavy atom. The highest BCUT2D eigenvalue weighted by Gasteiger charge is 2.22. The van der Waals surface area contributed by atoms with Gasteiger partial charge in [0.2, 0.25) is 0 Å². The van der Waals surface area contributed by atoms with Gasteiger partial charge in [0.15, 0.2) is 5.65 Å². The lowest BCUT2D eigenvalue weighted by Gasteiger charge is -2.28. The standard InChI is InChI=1S/C29H25N5O4/c1-37-26-18-20(7-10-22(26)29(35)36)27-24(11-9-21-8-6-19-4-2-3-5-23(19)31-21)32-28-25(12-13-30-34(27)28)33-14-16-38-17-15-33/h2-13,18H,14-17H2,1H3,(H,35,36)/b11-9+. The highest BCUT2D eigenvalue weighted by molar-refractivity contribution is 5.92. The zero-order chi connectivity index (χ0) is 26.1. The van der Waals surface area contributed by atoms with E-state index in [2.05, 4.69) is 10.00 Å². The summed E-state index contributed by atoms with van der Waals surface area (Å²) in [6, 6.07) is 19.0. The van der Waals surface area contributed by atoms with Gasteiger partial charge in [-0.2, -0.15) is 5.10 Å². The molecule has 1 aliphatic rings. The molecular formula is C29H25N5O4. The molecule has 1 N–H and O–H groups in total. The van der Waals surface area contributed by atoms with Crippen molar-refractivity contribution < 1.29 is 19.4 Å². The zero-order valence-electron chi connectivity index (χ0n) is 20.7. The van der Waals surface area contributed by atoms with Gasteiger partial charge in [0, 0.05) is 24.0 Å². The Balaban J connectivity index is 1.51. The van der Waals surface area contributed by atoms with E-state index in [0.29, 0.717) is 24.6 Å². The first-order valence-electron chi connectivity index (χ1n) is 12.3. The number of hydrogen-bond donors (Lipinski definition) is 1. The van der Waals surface area contributed by atoms with Crippen molar-refractivity contribution in [2.24, 2.45) is 0 Å². The Morgan fingerprint density at radius 1 is 1.03 bits per heavy atom. The first kappa shape index (κ1) is 23.6. The van der Waals surface area contributed by atoms with E-state index in [0.717, 1.165) is 46.6 Å². The number of morpholine rings is 1. The third-order valence-corrected chi connectivity index (χ3v) is 6.61. The summed E-state index contributed by atoms with van der Waals surface area (Å²) >= 11 is 0. The zero-order valence-corrected chi connectivity index (χ0v) is 20.7. The number of aromatic nitrogens is 4. The number of para-hydroxylation sites is 1. The highest BCUT2D eigenvalue weighted by atomic mass is 16.5. The second-order valence-corrected chi connectivity index (χ2v) is 8.88. The lowest BCUT2D eigenvalue weighted by molar-refractivity contribution is 0.0693. The number of ether oxygens (including phenoxy) is 2. The number of imidazole rings is 1. The lowest BCUT2D eigenvalue weighted by Crippen LogP contribution is -2.36. The van der Waals surface area contributed by atoms with Crippen LogP contribution < -0.4 is 9.64 Å². The lowest BCUT2D eigenvalue weighted by atomic mass is 10.1. The summed E-state index contributed by atoms with van der Waals surface area (Å²) in [7, 11) is 1.46. The van der Waals surface area contributed by atoms with Gasteiger partial charge in [0.25, 0.3) is 0 Å². The Labute approximate surface area is 218 Å². The van der Waals surface area contributed by atoms with Crippen LogP contribution in [0.5, 0.6) is 5.75 Å². The van der Waals surface area contributed by atoms with Crippen LogP contribution in [0.4, 0.5) is 5.69 Å². The fourth-order valence-electron chi connectivity index (χ4n) is 4.74. The summed E-state index contributed by atoms with van der Waals surface area (Å²) in [6.07, 6.45) is 5.60. The number of benzene rings is 2. The minimum atomic E-state index is -1.05. The van der Waals surface area contributed by atoms with Crippen molar-refractivity contribution in [3.63, 3.8) is 0 Å². The third kappa shape index (κ3) is 4.33. The number of anilines is 1. The Kier molecular flexibility index (Phi) is 6.19. The Morgan fingerprint density at radius 3 is 2.68 bits per heavy atom. The summed E-state index contributed by atoms with van der Waals surface area (Å²) < 4.78 is 12.7. The van der Waals surface area contributed by atoms with Crippen molar-refractivity contribution in [2.45, 2.75) is 0 Å². The van der Waals surface area contributed by atoms with Gasteiger partial charge < -0.3 is 19.5 Å². The van der Waals surface area contributed by atoms with E-state index in [1.54, 1.807) is 28.9 Å². The average Bonchev–Trinajstić information content (AvgIpc) is 3.34. The van der Waals surface area contributed by atoms with Crippen LogP contribution in [0.2, 0.25) is 0 Å². The molecule has 38 heavy (non-hydrogen) atoms. The normalized spacial score (nSPS) is 14.0. The SMILES string of the molecule is COc1cc(-c2c(/C=C/c3ccc4ccccc4n3)nc3c(N4CCOCC4)ccnn23)ccc1C(=O)O. The molecule has 0 atom stereocenters. The molecule has 1 aliphatic heterocycles. The van der Waals surface area contributed by atoms with E-state index in [9.17, 15) is 9.90 Å². The predicted octanol–water partition coefficient (Wildman–Crippen LogP) is 4.66. The fourth-order valence-corrected chi connectivity index (χ4v) is 4.74. The number of rotatable bonds is 6. The summed E-state index contributed by atoms with van der Waals surface area (Å²) in [6.45, 7) is 2.82. The monoisotopic (exact) mass is 507 g/mol. The first-order valence-corrected chi connectivity index (χ1v) is 12.3. The molecule has 6 rings (SSSR count). The molecule has 0 aliphatic carbocycles. The summed E-state index contributed by atoms with van der Waals surface area (Å²) in [5.41, 5.74) is 5.60. The molecule has 2 aromatic carbocycles. The molecule has 0 amide bonds. The van der Waals surface area contributed by atoms with Gasteiger partial charge >= 0.3 is 5.97 Å². The number of carboxylic acid groups (broad SMARTS) is 1. The van der Waals surface area contributed by atoms with Crippen LogP contribution in [0.3, 0.4) is 0 Å². The highest BCUT2D eigenvalue weighted by Crippen LogP contribution is 2.33. The van der Waals surface area contributed by atoms with Crippen LogP contribution in [0.1, 0.15) is 21.7 Å². The molecule has 9 nitrogen and oxygen atoms in total. The molecule has 4 heterocycles. The minimum absolute atomic E-state index is 0.0875. The molecule has 9 heteroatoms. The minimum Gasteiger partial charge on any atom is -0.496 e. The van der Waals surface area contributed by atoms with E-state index in [1.807, 2.05) is 54.6 Å². The van der Waals surface area contributed by atoms with Crippen molar-refractivity contribution in [2.75, 3.05) is 38.3 Å². The topological polar surface area (TPSA) is 102 Å². The second kappa shape index (κ2) is 9.95. The number of fused-ring (bicyclic) bond motifs is 2. The van der Waals surface area contributed by atoms with Gasteiger partial charge in [0.05, 0.1) is 49.1 Å². The van der Waals surface area contributed by atoms with Crippen LogP contribution in [-0.4, -0.2) is 64.1 Å². The molecule has 0 radical (unpaired) electrons. The largest absolute Gasteiger partial charge is 0.496 e. The maximum atomic E-state index is 11.7. The third-order valence-electron chi connectivity index (χ3n) is 6.61. The molecule has 3 aromatic heterocycles. The van der Waals surface area contributed by atoms with Gasteiger partial charge in [-0.1, -0.05) is 30.3 Å². The number of hydrogen-bond acceptors (Lipinski definition) is 7. The van der Waals surface area contributed by atoms with Crippen LogP contribution in [0.15, 0.2) is 66.9 Å². The van der Waals surface area contributed by atoms with Crippen LogP contribution in [-0.2, 0) is 4.74 Å². The van der Waals surface area contributed by atoms with E-state index >= 15 is 0 Å². The molecule has 5 aromatic rings. The van der Waals surface area contributed by atoms with Crippen LogP contribution in [0.25, 0.3) is 40.0 Å². The van der Waals surface area contributed by atoms with Crippen LogP contribution >= 0.6 is 0 Å². The summed E-state index contributed by atoms with van der Waals surface area (Å²) in [5, 5.41) is 15.3. The number of nitrogens with zero attached hydrogens (tertiary/aromatic N) is 5. The van der Waals surface area contributed by atoms with Crippen molar-refractivity contribution in [3.05, 3.63) is 83.8 Å². The number of carboxylic acids is 1. The van der Waals surface area contributed by atoms with Gasteiger partial charge in [-0.3, -0.25) is 0 Å². The van der Waals surface area contributed by atoms with Gasteiger partial charge in [-0.15, -0.1) is 0 Å². The molecule has 1 fully saturated rings. The van der Waals surface area contributed by atoms with E-state index in [1.165, 1.54) is 7.11 Å². The maximum Gasteiger partial charge on any atom is 0.339 e. The number of methoxy groups -OCH3 is 1. The number of carbonyl (C=O) groups is 1. The van der Waals surface area contributed by atoms with Crippen molar-refractivity contribution >= 4 is 40.4 Å². The van der Waals surface area contributed by atoms with Crippen LogP contribution in [0, 0.1) is 0 Å². The van der Waals surface area contributed by atoms with Gasteiger partial charge in [-0.05, 0) is 42.5 Å². The predicted molar refractivity (Wildman–Crippen MR) is 146 cm³/mol. The van der Waals surface area contributed by atoms with Gasteiger partial charge in [-0.25, -0.2) is 19.3 Å². The fraction of sp³-hybridized carbons (Fsp3) is 0.172. The second-order valence-electron chi connectivity index (χ2n) is 8.88. The van der Waals surface area contributed by atoms with Crippen molar-refractivity contribution in [1.29, 1.82) is 0 Å². The van der Waals surface area contributed by atoms with E-state index in [-0.39, 0.29) is 11.3 Å². The Hall–Kier alpha value is -4.76. The Bertz CT molecular complexity index is 1690. The average molecular weight is 508 g/mol. The van der Waals surface area contributed by atoms with Crippen molar-refractivity contribution in [3.8, 4) is 17.0 Å². The summed E-state index contributed by atoms with van der Waals surface area (Å²) in [5.74, 6) is -0.790. The summed E-state index contributed by atoms with van der Waals surface area (Å²) in [4.78, 5) is 23.7. The molecule has 0 unspecified atom stereocenters. The quantitative estimate of drug-likeness (QED) is 0.354. The molecular weight excluding hydrogens is 482 g/mol. The molecule has 190 valence electrons. The molecule has 0 spiro atoms. The van der Waals surface area contributed by atoms with E-state index in [4.69, 9.17) is 19.4 Å². The smallest absolute Gasteiger partial charge is 0.339 e. The molecule has 0 bridgehead atoms. The van der Waals surface area contributed by atoms with Crippen molar-refractivity contribution in [1.82, 2.24) is 19.6 Å². The molecule has 1 saturated heterocycles. The maximum absolute atomic E-state index is 11.7. The van der Waals surface area contributed by atoms with Gasteiger partial charge in [0.1, 0.15) is 17.0 Å². The first-order chi connectivity index (χ1) is 18.6. The molecule has 0 saturated carbocycles.